The molecule has 6 N–H and O–H groups in total. The summed E-state index contributed by atoms with van der Waals surface area (Å²) in [7, 11) is 0. The van der Waals surface area contributed by atoms with Crippen molar-refractivity contribution in [1.82, 2.24) is 20.0 Å². The molecule has 2 aromatic carbocycles. The molecule has 0 spiro atoms. The molecule has 2 amide bonds. The molecule has 0 saturated heterocycles. The summed E-state index contributed by atoms with van der Waals surface area (Å²) in [6.45, 7) is 3.26. The van der Waals surface area contributed by atoms with Crippen molar-refractivity contribution in [2.45, 2.75) is 32.4 Å². The lowest BCUT2D eigenvalue weighted by molar-refractivity contribution is -0.127. The molecule has 2 aromatic heterocycles. The van der Waals surface area contributed by atoms with E-state index >= 15 is 0 Å². The predicted octanol–water partition coefficient (Wildman–Crippen LogP) is 1.78. The number of carbonyl (C=O) groups is 2. The smallest absolute Gasteiger partial charge is 0.345 e. The van der Waals surface area contributed by atoms with E-state index in [1.165, 1.54) is 6.92 Å². The normalized spacial score (nSPS) is 12.9. The third-order valence-electron chi connectivity index (χ3n) is 5.62. The van der Waals surface area contributed by atoms with E-state index in [1.54, 1.807) is 6.92 Å². The molecule has 4 aromatic rings. The van der Waals surface area contributed by atoms with Crippen molar-refractivity contribution in [1.29, 1.82) is 0 Å². The van der Waals surface area contributed by atoms with Gasteiger partial charge in [-0.1, -0.05) is 48.5 Å². The van der Waals surface area contributed by atoms with Crippen molar-refractivity contribution in [2.24, 2.45) is 5.73 Å². The fourth-order valence-electron chi connectivity index (χ4n) is 3.76. The van der Waals surface area contributed by atoms with Gasteiger partial charge in [-0.25, -0.2) is 9.47 Å². The third-order valence-corrected chi connectivity index (χ3v) is 5.62. The van der Waals surface area contributed by atoms with Gasteiger partial charge in [-0.15, -0.1) is 0 Å². The molecule has 4 rings (SSSR count). The Morgan fingerprint density at radius 1 is 1.06 bits per heavy atom. The van der Waals surface area contributed by atoms with Crippen LogP contribution in [-0.2, 0) is 16.0 Å². The lowest BCUT2D eigenvalue weighted by Crippen LogP contribution is -2.51. The maximum Gasteiger partial charge on any atom is 0.345 e. The number of amides is 2. The number of nitrogens with two attached hydrogens (primary N) is 1. The van der Waals surface area contributed by atoms with Gasteiger partial charge < -0.3 is 21.0 Å². The van der Waals surface area contributed by atoms with Crippen molar-refractivity contribution in [3.8, 4) is 11.3 Å². The van der Waals surface area contributed by atoms with Gasteiger partial charge in [-0.3, -0.25) is 15.0 Å². The number of fused-ring (bicyclic) bond motifs is 1. The molecule has 33 heavy (non-hydrogen) atoms. The number of rotatable bonds is 7. The number of aromatic amines is 2. The molecule has 0 aliphatic rings. The zero-order valence-electron chi connectivity index (χ0n) is 18.4. The van der Waals surface area contributed by atoms with Gasteiger partial charge in [0.1, 0.15) is 6.04 Å². The number of hydrogen-bond donors (Lipinski definition) is 5. The zero-order chi connectivity index (χ0) is 23.5. The summed E-state index contributed by atoms with van der Waals surface area (Å²) in [6, 6.07) is 15.4. The first-order chi connectivity index (χ1) is 15.8. The molecule has 9 heteroatoms. The van der Waals surface area contributed by atoms with E-state index in [1.807, 2.05) is 60.8 Å². The van der Waals surface area contributed by atoms with Gasteiger partial charge in [0.25, 0.3) is 5.91 Å². The Hall–Kier alpha value is -4.11. The molecule has 0 unspecified atom stereocenters. The Morgan fingerprint density at radius 3 is 2.52 bits per heavy atom. The number of H-pyrrole nitrogens is 2. The van der Waals surface area contributed by atoms with Crippen LogP contribution in [0.1, 0.15) is 18.2 Å². The number of aromatic nitrogens is 3. The first kappa shape index (κ1) is 22.1. The fraction of sp³-hybridized carbons (Fsp3) is 0.208. The highest BCUT2D eigenvalue weighted by Gasteiger charge is 2.23. The Labute approximate surface area is 190 Å². The predicted molar refractivity (Wildman–Crippen MR) is 127 cm³/mol. The van der Waals surface area contributed by atoms with Gasteiger partial charge in [-0.2, -0.15) is 0 Å². The fourth-order valence-corrected chi connectivity index (χ4v) is 3.76. The molecule has 170 valence electrons. The van der Waals surface area contributed by atoms with Gasteiger partial charge >= 0.3 is 5.69 Å². The maximum atomic E-state index is 12.7. The number of nitrogens with one attached hydrogen (secondary N) is 4. The highest BCUT2D eigenvalue weighted by Crippen LogP contribution is 2.19. The standard InChI is InChI=1S/C24H26N6O3/c1-14(27-23(32)19(25)12-17-13-26-20-11-7-6-10-18(17)20)22(31)29-30-15(2)21(28-24(30)33)16-8-4-3-5-9-16/h3-11,13-14,19,26H,12,25H2,1-2H3,(H,27,32)(H,28,33)(H,29,31)/t14-,19+/m0/s1. The number of nitrogens with zero attached hydrogens (tertiary/aromatic N) is 1. The van der Waals surface area contributed by atoms with E-state index in [2.05, 4.69) is 20.7 Å². The van der Waals surface area contributed by atoms with Crippen LogP contribution in [0.3, 0.4) is 0 Å². The van der Waals surface area contributed by atoms with E-state index in [0.717, 1.165) is 26.7 Å². The van der Waals surface area contributed by atoms with Gasteiger partial charge in [0.2, 0.25) is 5.91 Å². The Balaban J connectivity index is 1.40. The number of para-hydroxylation sites is 1. The largest absolute Gasteiger partial charge is 0.361 e. The van der Waals surface area contributed by atoms with Crippen LogP contribution in [0, 0.1) is 6.92 Å². The number of carbonyl (C=O) groups excluding carboxylic acids is 2. The van der Waals surface area contributed by atoms with Crippen molar-refractivity contribution in [3.63, 3.8) is 0 Å². The van der Waals surface area contributed by atoms with E-state index in [0.29, 0.717) is 17.8 Å². The molecular formula is C24H26N6O3. The minimum Gasteiger partial charge on any atom is -0.361 e. The second-order valence-electron chi connectivity index (χ2n) is 7.97. The highest BCUT2D eigenvalue weighted by atomic mass is 16.2. The highest BCUT2D eigenvalue weighted by molar-refractivity contribution is 5.94. The summed E-state index contributed by atoms with van der Waals surface area (Å²) in [5.74, 6) is -0.988. The average Bonchev–Trinajstić information content (AvgIpc) is 3.35. The van der Waals surface area contributed by atoms with Crippen LogP contribution in [0.15, 0.2) is 65.6 Å². The van der Waals surface area contributed by atoms with Gasteiger partial charge in [-0.05, 0) is 37.5 Å². The van der Waals surface area contributed by atoms with Gasteiger partial charge in [0, 0.05) is 17.1 Å². The number of benzene rings is 2. The summed E-state index contributed by atoms with van der Waals surface area (Å²) in [5, 5.41) is 3.63. The van der Waals surface area contributed by atoms with Crippen LogP contribution in [0.4, 0.5) is 0 Å². The first-order valence-corrected chi connectivity index (χ1v) is 10.6. The number of hydrogen-bond acceptors (Lipinski definition) is 4. The molecule has 2 heterocycles. The van der Waals surface area contributed by atoms with Crippen LogP contribution >= 0.6 is 0 Å². The molecule has 0 fully saturated rings. The Morgan fingerprint density at radius 2 is 1.76 bits per heavy atom. The lowest BCUT2D eigenvalue weighted by Gasteiger charge is -2.18. The quantitative estimate of drug-likeness (QED) is 0.295. The summed E-state index contributed by atoms with van der Waals surface area (Å²) in [5.41, 5.74) is 12.1. The summed E-state index contributed by atoms with van der Waals surface area (Å²) >= 11 is 0. The topological polar surface area (TPSA) is 138 Å². The van der Waals surface area contributed by atoms with Crippen LogP contribution in [0.5, 0.6) is 0 Å². The molecule has 0 aliphatic heterocycles. The average molecular weight is 447 g/mol. The molecule has 0 radical (unpaired) electrons. The van der Waals surface area contributed by atoms with E-state index in [-0.39, 0.29) is 0 Å². The first-order valence-electron chi connectivity index (χ1n) is 10.6. The van der Waals surface area contributed by atoms with Crippen molar-refractivity contribution >= 4 is 22.7 Å². The molecule has 0 saturated carbocycles. The Kier molecular flexibility index (Phi) is 6.14. The lowest BCUT2D eigenvalue weighted by atomic mass is 10.0. The minimum absolute atomic E-state index is 0.320. The molecule has 2 atom stereocenters. The SMILES string of the molecule is Cc1c(-c2ccccc2)[nH]c(=O)n1NC(=O)[C@H](C)NC(=O)[C@H](N)Cc1c[nH]c2ccccc12. The second kappa shape index (κ2) is 9.17. The monoisotopic (exact) mass is 446 g/mol. The maximum absolute atomic E-state index is 12.7. The number of imidazole rings is 1. The van der Waals surface area contributed by atoms with E-state index < -0.39 is 29.6 Å². The van der Waals surface area contributed by atoms with Crippen LogP contribution in [0.2, 0.25) is 0 Å². The van der Waals surface area contributed by atoms with Crippen LogP contribution in [0.25, 0.3) is 22.2 Å². The second-order valence-corrected chi connectivity index (χ2v) is 7.97. The van der Waals surface area contributed by atoms with Crippen molar-refractivity contribution in [3.05, 3.63) is 82.5 Å². The van der Waals surface area contributed by atoms with E-state index in [9.17, 15) is 14.4 Å². The Bertz CT molecular complexity index is 1350. The molecular weight excluding hydrogens is 420 g/mol. The third kappa shape index (κ3) is 4.58. The van der Waals surface area contributed by atoms with Crippen molar-refractivity contribution in [2.75, 3.05) is 5.43 Å². The summed E-state index contributed by atoms with van der Waals surface area (Å²) in [4.78, 5) is 43.6. The molecule has 9 nitrogen and oxygen atoms in total. The summed E-state index contributed by atoms with van der Waals surface area (Å²) in [6.07, 6.45) is 2.15. The van der Waals surface area contributed by atoms with Crippen LogP contribution < -0.4 is 22.2 Å². The van der Waals surface area contributed by atoms with Crippen LogP contribution in [-0.4, -0.2) is 38.5 Å². The van der Waals surface area contributed by atoms with Gasteiger partial charge in [0.05, 0.1) is 17.4 Å². The summed E-state index contributed by atoms with van der Waals surface area (Å²) < 4.78 is 1.14. The van der Waals surface area contributed by atoms with Crippen molar-refractivity contribution < 1.29 is 9.59 Å². The molecule has 0 bridgehead atoms. The minimum atomic E-state index is -0.895. The van der Waals surface area contributed by atoms with Gasteiger partial charge in [0.15, 0.2) is 0 Å². The van der Waals surface area contributed by atoms with E-state index in [4.69, 9.17) is 5.73 Å². The zero-order valence-corrected chi connectivity index (χ0v) is 18.4. The molecule has 0 aliphatic carbocycles.